The molecule has 0 aliphatic carbocycles. The van der Waals surface area contributed by atoms with Crippen molar-refractivity contribution in [3.63, 3.8) is 0 Å². The predicted octanol–water partition coefficient (Wildman–Crippen LogP) is -0.505. The first kappa shape index (κ1) is 16.2. The van der Waals surface area contributed by atoms with Gasteiger partial charge in [-0.25, -0.2) is 0 Å². The Kier molecular flexibility index (Phi) is 74.6. The molecular formula is CaMoOV. The van der Waals surface area contributed by atoms with Gasteiger partial charge in [0.15, 0.2) is 0 Å². The molecule has 0 amide bonds. The largest absolute Gasteiger partial charge is 0 e. The third-order valence-electron chi connectivity index (χ3n) is 0. The Morgan fingerprint density at radius 3 is 1.25 bits per heavy atom. The topological polar surface area (TPSA) is 17.1 Å². The molecule has 0 fully saturated rings. The maximum atomic E-state index is 8.26. The Morgan fingerprint density at radius 2 is 1.25 bits per heavy atom. The van der Waals surface area contributed by atoms with Crippen LogP contribution in [-0.2, 0) is 41.7 Å². The van der Waals surface area contributed by atoms with E-state index < -0.39 is 0 Å². The first-order chi connectivity index (χ1) is 1.00. The Labute approximate surface area is 78.0 Å². The van der Waals surface area contributed by atoms with Crippen molar-refractivity contribution < 1.29 is 41.7 Å². The van der Waals surface area contributed by atoms with Gasteiger partial charge in [0.25, 0.3) is 0 Å². The molecule has 0 aromatic heterocycles. The molecule has 0 unspecified atom stereocenters. The summed E-state index contributed by atoms with van der Waals surface area (Å²) in [6.45, 7) is 0. The number of rotatable bonds is 0. The van der Waals surface area contributed by atoms with Crippen molar-refractivity contribution in [2.45, 2.75) is 0 Å². The molecule has 19 valence electrons. The smallest absolute Gasteiger partial charge is 0 e. The van der Waals surface area contributed by atoms with E-state index >= 15 is 0 Å². The van der Waals surface area contributed by atoms with Crippen LogP contribution in [0.25, 0.3) is 0 Å². The summed E-state index contributed by atoms with van der Waals surface area (Å²) >= 11 is 0.700. The molecule has 4 heteroatoms. The molecule has 4 heavy (non-hydrogen) atoms. The second-order valence-corrected chi connectivity index (χ2v) is 0. The van der Waals surface area contributed by atoms with Crippen LogP contribution in [0.15, 0.2) is 0 Å². The van der Waals surface area contributed by atoms with E-state index in [-0.39, 0.29) is 56.3 Å². The third-order valence-corrected chi connectivity index (χ3v) is 0. The first-order valence-electron chi connectivity index (χ1n) is 0.167. The fourth-order valence-corrected chi connectivity index (χ4v) is 0. The van der Waals surface area contributed by atoms with Crippen molar-refractivity contribution in [2.75, 3.05) is 0 Å². The van der Waals surface area contributed by atoms with Gasteiger partial charge in [-0.1, -0.05) is 0 Å². The molecule has 0 rings (SSSR count). The van der Waals surface area contributed by atoms with E-state index in [0.29, 0.717) is 19.8 Å². The average molecular weight is 203 g/mol. The number of hydrogen-bond acceptors (Lipinski definition) is 1. The summed E-state index contributed by atoms with van der Waals surface area (Å²) in [5.41, 5.74) is 0. The summed E-state index contributed by atoms with van der Waals surface area (Å²) in [7, 11) is 0. The summed E-state index contributed by atoms with van der Waals surface area (Å²) in [4.78, 5) is 0. The zero-order valence-corrected chi connectivity index (χ0v) is 7.58. The molecule has 0 aliphatic rings. The Morgan fingerprint density at radius 1 is 1.25 bits per heavy atom. The van der Waals surface area contributed by atoms with E-state index in [9.17, 15) is 0 Å². The predicted molar refractivity (Wildman–Crippen MR) is 6.44 cm³/mol. The molecule has 0 spiro atoms. The van der Waals surface area contributed by atoms with Gasteiger partial charge in [0.05, 0.1) is 0 Å². The van der Waals surface area contributed by atoms with Gasteiger partial charge in [-0.2, -0.15) is 0 Å². The summed E-state index contributed by atoms with van der Waals surface area (Å²) in [5.74, 6) is 0. The SMILES string of the molecule is [Ca].[O]=[Mo].[V]. The first-order valence-corrected chi connectivity index (χ1v) is 0.986. The molecule has 0 saturated heterocycles. The van der Waals surface area contributed by atoms with Crippen LogP contribution >= 0.6 is 0 Å². The quantitative estimate of drug-likeness (QED) is 0.485. The van der Waals surface area contributed by atoms with E-state index in [1.165, 1.54) is 0 Å². The van der Waals surface area contributed by atoms with Crippen LogP contribution in [0.1, 0.15) is 0 Å². The summed E-state index contributed by atoms with van der Waals surface area (Å²) in [5, 5.41) is 0. The molecule has 0 N–H and O–H groups in total. The average Bonchev–Trinajstić information content (AvgIpc) is 1.00. The second-order valence-electron chi connectivity index (χ2n) is 0. The standard InChI is InChI=1S/Ca.Mo.O.V. The third kappa shape index (κ3) is 8.84. The van der Waals surface area contributed by atoms with Gasteiger partial charge >= 0.3 is 23.2 Å². The Balaban J connectivity index is -0.00000000500. The molecule has 0 saturated carbocycles. The van der Waals surface area contributed by atoms with E-state index in [2.05, 4.69) is 0 Å². The maximum absolute atomic E-state index is 8.26. The zero-order chi connectivity index (χ0) is 2.00. The molecule has 0 aliphatic heterocycles. The van der Waals surface area contributed by atoms with Crippen molar-refractivity contribution >= 4 is 37.7 Å². The van der Waals surface area contributed by atoms with Crippen molar-refractivity contribution in [3.8, 4) is 0 Å². The van der Waals surface area contributed by atoms with Crippen LogP contribution in [0.5, 0.6) is 0 Å². The molecule has 0 atom stereocenters. The summed E-state index contributed by atoms with van der Waals surface area (Å²) in [6, 6.07) is 0. The molecule has 0 aromatic carbocycles. The Bertz CT molecular complexity index is 8.00. The van der Waals surface area contributed by atoms with Crippen molar-refractivity contribution in [2.24, 2.45) is 0 Å². The molecule has 3 radical (unpaired) electrons. The Hall–Kier alpha value is 2.33. The van der Waals surface area contributed by atoms with Crippen LogP contribution in [0.3, 0.4) is 0 Å². The van der Waals surface area contributed by atoms with Crippen LogP contribution < -0.4 is 0 Å². The summed E-state index contributed by atoms with van der Waals surface area (Å²) in [6.07, 6.45) is 0. The minimum atomic E-state index is 0. The van der Waals surface area contributed by atoms with E-state index in [1.807, 2.05) is 0 Å². The van der Waals surface area contributed by atoms with Crippen LogP contribution in [0.4, 0.5) is 0 Å². The van der Waals surface area contributed by atoms with Crippen molar-refractivity contribution in [1.82, 2.24) is 0 Å². The van der Waals surface area contributed by atoms with E-state index in [1.54, 1.807) is 0 Å². The monoisotopic (exact) mass is 205 g/mol. The van der Waals surface area contributed by atoms with Crippen molar-refractivity contribution in [3.05, 3.63) is 0 Å². The minimum absolute atomic E-state index is 0. The minimum Gasteiger partial charge on any atom is 0 e. The zero-order valence-electron chi connectivity index (χ0n) is 1.97. The molecule has 0 bridgehead atoms. The maximum Gasteiger partial charge on any atom is 0 e. The normalized spacial score (nSPS) is 1.00. The van der Waals surface area contributed by atoms with Crippen molar-refractivity contribution in [1.29, 1.82) is 0 Å². The van der Waals surface area contributed by atoms with E-state index in [0.717, 1.165) is 0 Å². The van der Waals surface area contributed by atoms with Gasteiger partial charge in [-0.05, 0) is 0 Å². The van der Waals surface area contributed by atoms with Gasteiger partial charge in [-0.3, -0.25) is 0 Å². The fourth-order valence-electron chi connectivity index (χ4n) is 0. The fraction of sp³-hybridized carbons (Fsp3) is 0. The van der Waals surface area contributed by atoms with Gasteiger partial charge in [0.2, 0.25) is 0 Å². The molecule has 1 nitrogen and oxygen atoms in total. The number of hydrogen-bond donors (Lipinski definition) is 0. The van der Waals surface area contributed by atoms with Crippen LogP contribution in [-0.4, -0.2) is 37.7 Å². The van der Waals surface area contributed by atoms with Crippen LogP contribution in [0, 0.1) is 0 Å². The molecule has 0 aromatic rings. The van der Waals surface area contributed by atoms with E-state index in [4.69, 9.17) is 3.40 Å². The van der Waals surface area contributed by atoms with Crippen LogP contribution in [0.2, 0.25) is 0 Å². The van der Waals surface area contributed by atoms with Gasteiger partial charge in [0.1, 0.15) is 0 Å². The van der Waals surface area contributed by atoms with Gasteiger partial charge in [0, 0.05) is 56.3 Å². The second kappa shape index (κ2) is 18.4. The summed E-state index contributed by atoms with van der Waals surface area (Å²) < 4.78 is 8.26. The molecular weight excluding hydrogens is 203 g/mol. The van der Waals surface area contributed by atoms with Gasteiger partial charge < -0.3 is 0 Å². The van der Waals surface area contributed by atoms with Gasteiger partial charge in [-0.15, -0.1) is 0 Å². The molecule has 0 heterocycles.